The highest BCUT2D eigenvalue weighted by Gasteiger charge is 1.97. The van der Waals surface area contributed by atoms with Crippen LogP contribution in [0, 0.1) is 0 Å². The topological polar surface area (TPSA) is 21.6 Å². The first-order chi connectivity index (χ1) is 7.86. The Morgan fingerprint density at radius 3 is 2.88 bits per heavy atom. The Bertz CT molecular complexity index is 468. The second kappa shape index (κ2) is 5.68. The van der Waals surface area contributed by atoms with Gasteiger partial charge in [0.1, 0.15) is 6.61 Å². The fourth-order valence-corrected chi connectivity index (χ4v) is 1.94. The number of thiophene rings is 1. The average molecular weight is 252 g/mol. The van der Waals surface area contributed by atoms with Gasteiger partial charge in [-0.15, -0.1) is 11.3 Å². The van der Waals surface area contributed by atoms with Gasteiger partial charge in [0.25, 0.3) is 0 Å². The number of benzene rings is 1. The van der Waals surface area contributed by atoms with Crippen molar-refractivity contribution < 1.29 is 4.84 Å². The monoisotopic (exact) mass is 251 g/mol. The molecule has 16 heavy (non-hydrogen) atoms. The summed E-state index contributed by atoms with van der Waals surface area (Å²) >= 11 is 7.59. The SMILES string of the molecule is Clc1ccccc1CO/N=C/c1cccs1. The van der Waals surface area contributed by atoms with Gasteiger partial charge >= 0.3 is 0 Å². The van der Waals surface area contributed by atoms with Crippen molar-refractivity contribution in [3.8, 4) is 0 Å². The average Bonchev–Trinajstić information content (AvgIpc) is 2.79. The first kappa shape index (κ1) is 11.2. The van der Waals surface area contributed by atoms with Crippen LogP contribution in [0.5, 0.6) is 0 Å². The van der Waals surface area contributed by atoms with E-state index in [1.54, 1.807) is 17.6 Å². The molecule has 2 rings (SSSR count). The molecule has 0 N–H and O–H groups in total. The molecule has 2 nitrogen and oxygen atoms in total. The van der Waals surface area contributed by atoms with E-state index < -0.39 is 0 Å². The Hall–Kier alpha value is -1.32. The van der Waals surface area contributed by atoms with Crippen LogP contribution in [0.3, 0.4) is 0 Å². The molecule has 4 heteroatoms. The number of nitrogens with zero attached hydrogens (tertiary/aromatic N) is 1. The Kier molecular flexibility index (Phi) is 3.97. The van der Waals surface area contributed by atoms with Crippen molar-refractivity contribution in [2.45, 2.75) is 6.61 Å². The molecule has 0 unspecified atom stereocenters. The molecule has 0 aliphatic heterocycles. The Morgan fingerprint density at radius 2 is 2.12 bits per heavy atom. The van der Waals surface area contributed by atoms with E-state index in [-0.39, 0.29) is 0 Å². The summed E-state index contributed by atoms with van der Waals surface area (Å²) in [7, 11) is 0. The maximum atomic E-state index is 5.97. The normalized spacial score (nSPS) is 10.8. The van der Waals surface area contributed by atoms with Crippen molar-refractivity contribution in [3.63, 3.8) is 0 Å². The number of hydrogen-bond acceptors (Lipinski definition) is 3. The van der Waals surface area contributed by atoms with Crippen LogP contribution in [0.25, 0.3) is 0 Å². The molecule has 0 saturated heterocycles. The highest BCUT2D eigenvalue weighted by Crippen LogP contribution is 2.15. The third-order valence-electron chi connectivity index (χ3n) is 1.98. The molecule has 1 heterocycles. The molecule has 0 aliphatic rings. The number of hydrogen-bond donors (Lipinski definition) is 0. The zero-order valence-electron chi connectivity index (χ0n) is 8.47. The van der Waals surface area contributed by atoms with Gasteiger partial charge in [-0.25, -0.2) is 0 Å². The number of halogens is 1. The second-order valence-electron chi connectivity index (χ2n) is 3.11. The Morgan fingerprint density at radius 1 is 1.25 bits per heavy atom. The minimum absolute atomic E-state index is 0.390. The van der Waals surface area contributed by atoms with E-state index in [4.69, 9.17) is 16.4 Å². The van der Waals surface area contributed by atoms with Crippen LogP contribution in [-0.4, -0.2) is 6.21 Å². The van der Waals surface area contributed by atoms with Crippen molar-refractivity contribution in [1.82, 2.24) is 0 Å². The second-order valence-corrected chi connectivity index (χ2v) is 4.50. The summed E-state index contributed by atoms with van der Waals surface area (Å²) in [5, 5.41) is 6.58. The molecule has 2 aromatic rings. The minimum Gasteiger partial charge on any atom is -0.391 e. The van der Waals surface area contributed by atoms with Crippen molar-refractivity contribution in [2.24, 2.45) is 5.16 Å². The highest BCUT2D eigenvalue weighted by atomic mass is 35.5. The molecule has 0 bridgehead atoms. The van der Waals surface area contributed by atoms with Gasteiger partial charge in [-0.1, -0.05) is 41.0 Å². The predicted octanol–water partition coefficient (Wildman–Crippen LogP) is 3.95. The lowest BCUT2D eigenvalue weighted by molar-refractivity contribution is 0.132. The molecule has 1 aromatic carbocycles. The standard InChI is InChI=1S/C12H10ClNOS/c13-12-6-2-1-4-10(12)9-15-14-8-11-5-3-7-16-11/h1-8H,9H2/b14-8+. The summed E-state index contributed by atoms with van der Waals surface area (Å²) in [5.41, 5.74) is 0.937. The molecule has 0 radical (unpaired) electrons. The van der Waals surface area contributed by atoms with E-state index in [0.717, 1.165) is 10.4 Å². The van der Waals surface area contributed by atoms with E-state index in [1.165, 1.54) is 0 Å². The first-order valence-electron chi connectivity index (χ1n) is 4.78. The zero-order chi connectivity index (χ0) is 11.2. The molecule has 0 amide bonds. The number of rotatable bonds is 4. The summed E-state index contributed by atoms with van der Waals surface area (Å²) in [6.07, 6.45) is 1.70. The summed E-state index contributed by atoms with van der Waals surface area (Å²) in [5.74, 6) is 0. The summed E-state index contributed by atoms with van der Waals surface area (Å²) in [6.45, 7) is 0.390. The van der Waals surface area contributed by atoms with E-state index >= 15 is 0 Å². The predicted molar refractivity (Wildman–Crippen MR) is 68.2 cm³/mol. The van der Waals surface area contributed by atoms with E-state index in [0.29, 0.717) is 11.6 Å². The van der Waals surface area contributed by atoms with Crippen LogP contribution in [0.15, 0.2) is 46.9 Å². The zero-order valence-corrected chi connectivity index (χ0v) is 10.0. The lowest BCUT2D eigenvalue weighted by Gasteiger charge is -2.01. The molecule has 0 aliphatic carbocycles. The van der Waals surface area contributed by atoms with Gasteiger partial charge in [0.2, 0.25) is 0 Å². The van der Waals surface area contributed by atoms with Gasteiger partial charge in [0.15, 0.2) is 0 Å². The molecule has 1 aromatic heterocycles. The van der Waals surface area contributed by atoms with E-state index in [9.17, 15) is 0 Å². The maximum Gasteiger partial charge on any atom is 0.143 e. The first-order valence-corrected chi connectivity index (χ1v) is 6.04. The van der Waals surface area contributed by atoms with Crippen molar-refractivity contribution in [3.05, 3.63) is 57.2 Å². The lowest BCUT2D eigenvalue weighted by atomic mass is 10.2. The van der Waals surface area contributed by atoms with E-state index in [2.05, 4.69) is 5.16 Å². The molecular formula is C12H10ClNOS. The van der Waals surface area contributed by atoms with Crippen molar-refractivity contribution in [2.75, 3.05) is 0 Å². The highest BCUT2D eigenvalue weighted by molar-refractivity contribution is 7.11. The van der Waals surface area contributed by atoms with Gasteiger partial charge < -0.3 is 4.84 Å². The fraction of sp³-hybridized carbons (Fsp3) is 0.0833. The molecule has 0 saturated carbocycles. The molecule has 82 valence electrons. The van der Waals surface area contributed by atoms with E-state index in [1.807, 2.05) is 41.8 Å². The van der Waals surface area contributed by atoms with Crippen molar-refractivity contribution >= 4 is 29.2 Å². The third-order valence-corrected chi connectivity index (χ3v) is 3.15. The Balaban J connectivity index is 1.87. The fourth-order valence-electron chi connectivity index (χ4n) is 1.18. The lowest BCUT2D eigenvalue weighted by Crippen LogP contribution is -1.88. The van der Waals surface area contributed by atoms with Crippen LogP contribution < -0.4 is 0 Å². The summed E-state index contributed by atoms with van der Waals surface area (Å²) in [4.78, 5) is 6.23. The van der Waals surface area contributed by atoms with Gasteiger partial charge in [0.05, 0.1) is 6.21 Å². The maximum absolute atomic E-state index is 5.97. The van der Waals surface area contributed by atoms with Gasteiger partial charge in [0, 0.05) is 15.5 Å². The minimum atomic E-state index is 0.390. The van der Waals surface area contributed by atoms with Crippen LogP contribution in [0.2, 0.25) is 5.02 Å². The van der Waals surface area contributed by atoms with Crippen LogP contribution in [-0.2, 0) is 11.4 Å². The quantitative estimate of drug-likeness (QED) is 0.596. The summed E-state index contributed by atoms with van der Waals surface area (Å²) in [6, 6.07) is 11.5. The van der Waals surface area contributed by atoms with Crippen LogP contribution >= 0.6 is 22.9 Å². The van der Waals surface area contributed by atoms with Crippen molar-refractivity contribution in [1.29, 1.82) is 0 Å². The smallest absolute Gasteiger partial charge is 0.143 e. The largest absolute Gasteiger partial charge is 0.391 e. The van der Waals surface area contributed by atoms with Gasteiger partial charge in [-0.05, 0) is 17.5 Å². The van der Waals surface area contributed by atoms with Gasteiger partial charge in [-0.2, -0.15) is 0 Å². The molecule has 0 spiro atoms. The molecule has 0 atom stereocenters. The Labute approximate surface area is 103 Å². The summed E-state index contributed by atoms with van der Waals surface area (Å²) < 4.78 is 0. The van der Waals surface area contributed by atoms with Gasteiger partial charge in [-0.3, -0.25) is 0 Å². The number of oxime groups is 1. The van der Waals surface area contributed by atoms with Crippen LogP contribution in [0.4, 0.5) is 0 Å². The van der Waals surface area contributed by atoms with Crippen LogP contribution in [0.1, 0.15) is 10.4 Å². The third kappa shape index (κ3) is 3.08. The molecule has 0 fully saturated rings. The molecular weight excluding hydrogens is 242 g/mol.